The topological polar surface area (TPSA) is 73.3 Å². The fourth-order valence-electron chi connectivity index (χ4n) is 2.31. The van der Waals surface area contributed by atoms with E-state index in [1.54, 1.807) is 6.07 Å². The number of hydrogen-bond acceptors (Lipinski definition) is 5. The Morgan fingerprint density at radius 2 is 1.91 bits per heavy atom. The third-order valence-corrected chi connectivity index (χ3v) is 3.25. The summed E-state index contributed by atoms with van der Waals surface area (Å²) in [5, 5.41) is 2.78. The molecule has 1 aliphatic rings. The first-order valence-electron chi connectivity index (χ1n) is 7.09. The summed E-state index contributed by atoms with van der Waals surface area (Å²) in [6.07, 6.45) is -0.666. The molecular weight excluding hydrogens is 282 g/mol. The van der Waals surface area contributed by atoms with Crippen LogP contribution >= 0.6 is 0 Å². The first-order valence-corrected chi connectivity index (χ1v) is 7.09. The van der Waals surface area contributed by atoms with Gasteiger partial charge in [-0.2, -0.15) is 0 Å². The lowest BCUT2D eigenvalue weighted by Crippen LogP contribution is -2.43. The van der Waals surface area contributed by atoms with Crippen molar-refractivity contribution >= 4 is 5.91 Å². The van der Waals surface area contributed by atoms with Gasteiger partial charge in [0.25, 0.3) is 5.91 Å². The summed E-state index contributed by atoms with van der Waals surface area (Å²) >= 11 is 0. The van der Waals surface area contributed by atoms with E-state index in [2.05, 4.69) is 15.3 Å². The molecule has 2 heterocycles. The van der Waals surface area contributed by atoms with Crippen LogP contribution in [0.4, 0.5) is 0 Å². The minimum atomic E-state index is -0.666. The van der Waals surface area contributed by atoms with Crippen molar-refractivity contribution in [3.63, 3.8) is 0 Å². The fourth-order valence-corrected chi connectivity index (χ4v) is 2.31. The molecule has 2 aromatic rings. The number of aromatic nitrogens is 2. The number of ether oxygens (including phenoxy) is 2. The zero-order chi connectivity index (χ0) is 15.5. The standard InChI is InChI=1S/C16H17N3O3/c1-10-7-11(2)19-15(18-10)8-17-16(20)14-9-21-12-5-3-4-6-13(12)22-14/h3-7,14H,8-9H2,1-2H3,(H,17,20). The molecule has 0 radical (unpaired) electrons. The maximum atomic E-state index is 12.2. The van der Waals surface area contributed by atoms with Crippen molar-refractivity contribution in [3.05, 3.63) is 47.5 Å². The van der Waals surface area contributed by atoms with Crippen LogP contribution in [0.5, 0.6) is 11.5 Å². The fraction of sp³-hybridized carbons (Fsp3) is 0.312. The van der Waals surface area contributed by atoms with E-state index in [-0.39, 0.29) is 19.1 Å². The second-order valence-electron chi connectivity index (χ2n) is 5.15. The molecule has 1 N–H and O–H groups in total. The van der Waals surface area contributed by atoms with Gasteiger partial charge in [0.15, 0.2) is 11.5 Å². The number of hydrogen-bond donors (Lipinski definition) is 1. The predicted octanol–water partition coefficient (Wildman–Crippen LogP) is 1.55. The van der Waals surface area contributed by atoms with E-state index >= 15 is 0 Å². The van der Waals surface area contributed by atoms with Crippen LogP contribution in [0.2, 0.25) is 0 Å². The smallest absolute Gasteiger partial charge is 0.265 e. The van der Waals surface area contributed by atoms with E-state index in [9.17, 15) is 4.79 Å². The maximum absolute atomic E-state index is 12.2. The van der Waals surface area contributed by atoms with E-state index in [0.717, 1.165) is 11.4 Å². The monoisotopic (exact) mass is 299 g/mol. The summed E-state index contributed by atoms with van der Waals surface area (Å²) in [7, 11) is 0. The molecule has 6 heteroatoms. The molecule has 1 aromatic heterocycles. The highest BCUT2D eigenvalue weighted by Gasteiger charge is 2.27. The Morgan fingerprint density at radius 1 is 1.23 bits per heavy atom. The van der Waals surface area contributed by atoms with Gasteiger partial charge in [0, 0.05) is 11.4 Å². The van der Waals surface area contributed by atoms with Gasteiger partial charge >= 0.3 is 0 Å². The second-order valence-corrected chi connectivity index (χ2v) is 5.15. The number of amides is 1. The van der Waals surface area contributed by atoms with Crippen LogP contribution < -0.4 is 14.8 Å². The molecule has 114 valence electrons. The maximum Gasteiger partial charge on any atom is 0.265 e. The SMILES string of the molecule is Cc1cc(C)nc(CNC(=O)C2COc3ccccc3O2)n1. The summed E-state index contributed by atoms with van der Waals surface area (Å²) in [5.41, 5.74) is 1.76. The van der Waals surface area contributed by atoms with Crippen molar-refractivity contribution in [1.82, 2.24) is 15.3 Å². The van der Waals surface area contributed by atoms with Gasteiger partial charge in [-0.3, -0.25) is 4.79 Å². The van der Waals surface area contributed by atoms with Gasteiger partial charge in [-0.1, -0.05) is 12.1 Å². The molecule has 1 amide bonds. The van der Waals surface area contributed by atoms with Crippen LogP contribution in [-0.2, 0) is 11.3 Å². The number of aryl methyl sites for hydroxylation is 2. The number of carbonyl (C=O) groups is 1. The van der Waals surface area contributed by atoms with E-state index in [4.69, 9.17) is 9.47 Å². The average Bonchev–Trinajstić information content (AvgIpc) is 2.51. The molecule has 0 bridgehead atoms. The number of fused-ring (bicyclic) bond motifs is 1. The third-order valence-electron chi connectivity index (χ3n) is 3.25. The Kier molecular flexibility index (Phi) is 3.91. The number of nitrogens with one attached hydrogen (secondary N) is 1. The second kappa shape index (κ2) is 6.01. The van der Waals surface area contributed by atoms with Gasteiger partial charge in [0.2, 0.25) is 6.10 Å². The number of benzene rings is 1. The van der Waals surface area contributed by atoms with Crippen molar-refractivity contribution in [2.24, 2.45) is 0 Å². The molecule has 0 saturated heterocycles. The van der Waals surface area contributed by atoms with E-state index in [1.165, 1.54) is 0 Å². The van der Waals surface area contributed by atoms with Gasteiger partial charge in [-0.05, 0) is 32.0 Å². The molecular formula is C16H17N3O3. The van der Waals surface area contributed by atoms with Crippen LogP contribution in [0, 0.1) is 13.8 Å². The van der Waals surface area contributed by atoms with Gasteiger partial charge in [-0.25, -0.2) is 9.97 Å². The lowest BCUT2D eigenvalue weighted by molar-refractivity contribution is -0.130. The molecule has 1 aromatic carbocycles. The molecule has 22 heavy (non-hydrogen) atoms. The van der Waals surface area contributed by atoms with Crippen molar-refractivity contribution in [2.45, 2.75) is 26.5 Å². The lowest BCUT2D eigenvalue weighted by Gasteiger charge is -2.25. The Hall–Kier alpha value is -2.63. The molecule has 0 spiro atoms. The number of carbonyl (C=O) groups excluding carboxylic acids is 1. The van der Waals surface area contributed by atoms with E-state index in [0.29, 0.717) is 17.3 Å². The molecule has 1 atom stereocenters. The van der Waals surface area contributed by atoms with Crippen LogP contribution in [0.25, 0.3) is 0 Å². The Morgan fingerprint density at radius 3 is 2.64 bits per heavy atom. The van der Waals surface area contributed by atoms with Crippen LogP contribution in [0.15, 0.2) is 30.3 Å². The van der Waals surface area contributed by atoms with Crippen LogP contribution in [0.3, 0.4) is 0 Å². The minimum absolute atomic E-state index is 0.191. The van der Waals surface area contributed by atoms with Crippen molar-refractivity contribution in [1.29, 1.82) is 0 Å². The van der Waals surface area contributed by atoms with Crippen molar-refractivity contribution < 1.29 is 14.3 Å². The van der Waals surface area contributed by atoms with Crippen molar-refractivity contribution in [3.8, 4) is 11.5 Å². The highest BCUT2D eigenvalue weighted by Crippen LogP contribution is 2.30. The van der Waals surface area contributed by atoms with E-state index in [1.807, 2.05) is 38.1 Å². The Balaban J connectivity index is 1.61. The first kappa shape index (κ1) is 14.3. The number of rotatable bonds is 3. The van der Waals surface area contributed by atoms with Gasteiger partial charge in [0.05, 0.1) is 6.54 Å². The normalized spacial score (nSPS) is 16.2. The molecule has 3 rings (SSSR count). The molecule has 0 aliphatic carbocycles. The largest absolute Gasteiger partial charge is 0.485 e. The zero-order valence-corrected chi connectivity index (χ0v) is 12.5. The summed E-state index contributed by atoms with van der Waals surface area (Å²) in [4.78, 5) is 20.8. The highest BCUT2D eigenvalue weighted by atomic mass is 16.6. The van der Waals surface area contributed by atoms with Crippen LogP contribution in [0.1, 0.15) is 17.2 Å². The third kappa shape index (κ3) is 3.16. The molecule has 1 aliphatic heterocycles. The van der Waals surface area contributed by atoms with Gasteiger partial charge in [0.1, 0.15) is 12.4 Å². The van der Waals surface area contributed by atoms with Gasteiger partial charge in [-0.15, -0.1) is 0 Å². The molecule has 6 nitrogen and oxygen atoms in total. The lowest BCUT2D eigenvalue weighted by atomic mass is 10.2. The number of nitrogens with zero attached hydrogens (tertiary/aromatic N) is 2. The summed E-state index contributed by atoms with van der Waals surface area (Å²) in [6.45, 7) is 4.25. The Labute approximate surface area is 128 Å². The predicted molar refractivity (Wildman–Crippen MR) is 79.7 cm³/mol. The summed E-state index contributed by atoms with van der Waals surface area (Å²) in [6, 6.07) is 9.18. The summed E-state index contributed by atoms with van der Waals surface area (Å²) in [5.74, 6) is 1.58. The first-order chi connectivity index (χ1) is 10.6. The van der Waals surface area contributed by atoms with Crippen LogP contribution in [-0.4, -0.2) is 28.6 Å². The summed E-state index contributed by atoms with van der Waals surface area (Å²) < 4.78 is 11.2. The quantitative estimate of drug-likeness (QED) is 0.931. The number of para-hydroxylation sites is 2. The Bertz CT molecular complexity index is 683. The molecule has 1 unspecified atom stereocenters. The van der Waals surface area contributed by atoms with Gasteiger partial charge < -0.3 is 14.8 Å². The molecule has 0 fully saturated rings. The molecule has 0 saturated carbocycles. The van der Waals surface area contributed by atoms with E-state index < -0.39 is 6.10 Å². The minimum Gasteiger partial charge on any atom is -0.485 e. The highest BCUT2D eigenvalue weighted by molar-refractivity contribution is 5.81. The zero-order valence-electron chi connectivity index (χ0n) is 12.5. The average molecular weight is 299 g/mol. The van der Waals surface area contributed by atoms with Crippen molar-refractivity contribution in [2.75, 3.05) is 6.61 Å².